The second kappa shape index (κ2) is 10.7. The molecule has 2 N–H and O–H groups in total. The highest BCUT2D eigenvalue weighted by Gasteiger charge is 2.70. The number of likely N-dealkylation sites (tertiary alicyclic amines) is 1. The number of nitrogens with zero attached hydrogens (tertiary/aromatic N) is 2. The van der Waals surface area contributed by atoms with Gasteiger partial charge in [0, 0.05) is 32.1 Å². The Kier molecular flexibility index (Phi) is 8.57. The Morgan fingerprint density at radius 3 is 2.26 bits per heavy atom. The maximum Gasteiger partial charge on any atom is 0.328 e. The summed E-state index contributed by atoms with van der Waals surface area (Å²) in [5.41, 5.74) is -1.20. The van der Waals surface area contributed by atoms with Crippen LogP contribution in [0.5, 0.6) is 0 Å². The normalized spacial score (nSPS) is 24.1. The largest absolute Gasteiger partial charge is 0.467 e. The van der Waals surface area contributed by atoms with Crippen LogP contribution in [0, 0.1) is 28.1 Å². The van der Waals surface area contributed by atoms with Crippen LogP contribution in [0.15, 0.2) is 21.7 Å². The second-order valence-corrected chi connectivity index (χ2v) is 16.7. The van der Waals surface area contributed by atoms with E-state index < -0.39 is 51.0 Å². The van der Waals surface area contributed by atoms with Crippen LogP contribution >= 0.6 is 11.3 Å². The summed E-state index contributed by atoms with van der Waals surface area (Å²) < 4.78 is 32.5. The first-order valence-corrected chi connectivity index (χ1v) is 15.5. The van der Waals surface area contributed by atoms with E-state index in [1.807, 2.05) is 41.5 Å². The molecule has 39 heavy (non-hydrogen) atoms. The van der Waals surface area contributed by atoms with Crippen LogP contribution in [0.25, 0.3) is 0 Å². The van der Waals surface area contributed by atoms with Gasteiger partial charge in [-0.1, -0.05) is 61.5 Å². The lowest BCUT2D eigenvalue weighted by atomic mass is 9.85. The van der Waals surface area contributed by atoms with Crippen molar-refractivity contribution in [1.82, 2.24) is 19.8 Å². The molecule has 5 atom stereocenters. The van der Waals surface area contributed by atoms with Crippen molar-refractivity contribution in [2.75, 3.05) is 27.2 Å². The van der Waals surface area contributed by atoms with Crippen LogP contribution in [0.3, 0.4) is 0 Å². The van der Waals surface area contributed by atoms with Crippen molar-refractivity contribution in [3.63, 3.8) is 0 Å². The minimum atomic E-state index is -3.71. The van der Waals surface area contributed by atoms with E-state index in [0.717, 1.165) is 11.3 Å². The van der Waals surface area contributed by atoms with E-state index in [9.17, 15) is 22.8 Å². The lowest BCUT2D eigenvalue weighted by Gasteiger charge is -2.38. The molecule has 3 amide bonds. The fourth-order valence-electron chi connectivity index (χ4n) is 5.50. The molecule has 0 unspecified atom stereocenters. The molecule has 1 saturated carbocycles. The van der Waals surface area contributed by atoms with Crippen molar-refractivity contribution < 1.29 is 27.5 Å². The molecule has 10 nitrogen and oxygen atoms in total. The number of hydrogen-bond acceptors (Lipinski definition) is 7. The highest BCUT2D eigenvalue weighted by molar-refractivity contribution is 7.91. The summed E-state index contributed by atoms with van der Waals surface area (Å²) in [6.07, 6.45) is 0. The zero-order chi connectivity index (χ0) is 29.7. The Hall–Kier alpha value is -2.18. The first-order chi connectivity index (χ1) is 17.7. The average Bonchev–Trinajstić information content (AvgIpc) is 3.27. The standard InChI is InChI=1S/C27H44N4O6S2/c1-25(2,3)17(15-30(9)39(35,36)18-12-11-13-38-18)28-24(34)29-21(26(4,5)6)22(32)31-14-16-19(27(16,7)8)20(31)23(33)37-10/h11-13,16-17,19-21H,14-15H2,1-10H3,(H2,28,29,34)/t16-,17+,19-,20-,21+/m0/s1. The SMILES string of the molecule is COC(=O)[C@@H]1[C@@H]2[C@H](CN1C(=O)[C@@H](NC(=O)N[C@H](CN(C)S(=O)(=O)c1cccs1)C(C)(C)C)C(C)(C)C)C2(C)C. The second-order valence-electron chi connectivity index (χ2n) is 13.5. The Bertz CT molecular complexity index is 1180. The maximum atomic E-state index is 13.8. The summed E-state index contributed by atoms with van der Waals surface area (Å²) in [6, 6.07) is 0.486. The van der Waals surface area contributed by atoms with Crippen LogP contribution in [-0.4, -0.2) is 80.9 Å². The third-order valence-corrected chi connectivity index (χ3v) is 11.5. The molecule has 2 aliphatic rings. The number of nitrogens with one attached hydrogen (secondary N) is 2. The first kappa shape index (κ1) is 31.3. The quantitative estimate of drug-likeness (QED) is 0.453. The van der Waals surface area contributed by atoms with Crippen LogP contribution in [-0.2, 0) is 24.3 Å². The molecule has 1 saturated heterocycles. The van der Waals surface area contributed by atoms with E-state index in [1.54, 1.807) is 22.4 Å². The zero-order valence-electron chi connectivity index (χ0n) is 24.7. The Labute approximate surface area is 236 Å². The molecular formula is C27H44N4O6S2. The number of piperidine rings is 1. The molecule has 0 spiro atoms. The molecule has 3 rings (SSSR count). The number of likely N-dealkylation sites (N-methyl/N-ethyl adjacent to an activating group) is 1. The molecule has 1 aromatic heterocycles. The molecule has 2 fully saturated rings. The Morgan fingerprint density at radius 2 is 1.77 bits per heavy atom. The van der Waals surface area contributed by atoms with E-state index in [2.05, 4.69) is 24.5 Å². The minimum Gasteiger partial charge on any atom is -0.467 e. The molecule has 0 radical (unpaired) electrons. The fraction of sp³-hybridized carbons (Fsp3) is 0.741. The summed E-state index contributed by atoms with van der Waals surface area (Å²) in [6.45, 7) is 16.0. The predicted molar refractivity (Wildman–Crippen MR) is 151 cm³/mol. The van der Waals surface area contributed by atoms with Crippen molar-refractivity contribution in [2.45, 2.75) is 77.7 Å². The first-order valence-electron chi connectivity index (χ1n) is 13.2. The minimum absolute atomic E-state index is 0.0226. The lowest BCUT2D eigenvalue weighted by molar-refractivity contribution is -0.154. The molecule has 12 heteroatoms. The summed E-state index contributed by atoms with van der Waals surface area (Å²) in [4.78, 5) is 41.4. The van der Waals surface area contributed by atoms with E-state index in [4.69, 9.17) is 4.74 Å². The number of carbonyl (C=O) groups is 3. The number of rotatable bonds is 8. The number of amides is 3. The molecule has 220 valence electrons. The summed E-state index contributed by atoms with van der Waals surface area (Å²) in [7, 11) is -0.899. The molecule has 1 aliphatic heterocycles. The summed E-state index contributed by atoms with van der Waals surface area (Å²) >= 11 is 1.14. The van der Waals surface area contributed by atoms with Crippen LogP contribution < -0.4 is 10.6 Å². The van der Waals surface area contributed by atoms with E-state index in [0.29, 0.717) is 6.54 Å². The Morgan fingerprint density at radius 1 is 1.15 bits per heavy atom. The number of urea groups is 1. The van der Waals surface area contributed by atoms with Gasteiger partial charge in [0.1, 0.15) is 16.3 Å². The van der Waals surface area contributed by atoms with Gasteiger partial charge >= 0.3 is 12.0 Å². The van der Waals surface area contributed by atoms with Gasteiger partial charge in [-0.2, -0.15) is 4.31 Å². The fourth-order valence-corrected chi connectivity index (χ4v) is 7.89. The third kappa shape index (κ3) is 6.27. The number of fused-ring (bicyclic) bond motifs is 1. The predicted octanol–water partition coefficient (Wildman–Crippen LogP) is 3.15. The van der Waals surface area contributed by atoms with Gasteiger partial charge in [0.15, 0.2) is 0 Å². The van der Waals surface area contributed by atoms with Crippen LogP contribution in [0.2, 0.25) is 0 Å². The molecule has 1 aromatic rings. The number of esters is 1. The van der Waals surface area contributed by atoms with Crippen molar-refractivity contribution in [1.29, 1.82) is 0 Å². The molecule has 0 bridgehead atoms. The van der Waals surface area contributed by atoms with Gasteiger partial charge in [0.05, 0.1) is 7.11 Å². The van der Waals surface area contributed by atoms with Crippen LogP contribution in [0.1, 0.15) is 55.4 Å². The number of ether oxygens (including phenoxy) is 1. The highest BCUT2D eigenvalue weighted by atomic mass is 32.2. The lowest BCUT2D eigenvalue weighted by Crippen LogP contribution is -2.61. The van der Waals surface area contributed by atoms with Crippen LogP contribution in [0.4, 0.5) is 4.79 Å². The topological polar surface area (TPSA) is 125 Å². The van der Waals surface area contributed by atoms with Gasteiger partial charge in [-0.05, 0) is 33.6 Å². The number of methoxy groups -OCH3 is 1. The summed E-state index contributed by atoms with van der Waals surface area (Å²) in [5.74, 6) is -0.553. The maximum absolute atomic E-state index is 13.8. The van der Waals surface area contributed by atoms with Gasteiger partial charge < -0.3 is 20.3 Å². The van der Waals surface area contributed by atoms with Gasteiger partial charge in [0.25, 0.3) is 10.0 Å². The van der Waals surface area contributed by atoms with Gasteiger partial charge in [-0.3, -0.25) is 4.79 Å². The number of hydrogen-bond donors (Lipinski definition) is 2. The number of carbonyl (C=O) groups excluding carboxylic acids is 3. The van der Waals surface area contributed by atoms with Crippen molar-refractivity contribution >= 4 is 39.3 Å². The monoisotopic (exact) mass is 584 g/mol. The van der Waals surface area contributed by atoms with E-state index in [-0.39, 0.29) is 33.9 Å². The Balaban J connectivity index is 1.77. The number of thiophene rings is 1. The van der Waals surface area contributed by atoms with E-state index in [1.165, 1.54) is 18.5 Å². The zero-order valence-corrected chi connectivity index (χ0v) is 26.3. The number of sulfonamides is 1. The molecule has 0 aromatic carbocycles. The molecular weight excluding hydrogens is 540 g/mol. The summed E-state index contributed by atoms with van der Waals surface area (Å²) in [5, 5.41) is 7.46. The van der Waals surface area contributed by atoms with Gasteiger partial charge in [-0.25, -0.2) is 18.0 Å². The van der Waals surface area contributed by atoms with Crippen molar-refractivity contribution in [2.24, 2.45) is 28.1 Å². The van der Waals surface area contributed by atoms with Gasteiger partial charge in [0.2, 0.25) is 5.91 Å². The third-order valence-electron chi connectivity index (χ3n) is 8.27. The average molecular weight is 585 g/mol. The van der Waals surface area contributed by atoms with Gasteiger partial charge in [-0.15, -0.1) is 11.3 Å². The molecule has 2 heterocycles. The van der Waals surface area contributed by atoms with E-state index >= 15 is 0 Å². The van der Waals surface area contributed by atoms with Crippen molar-refractivity contribution in [3.05, 3.63) is 17.5 Å². The van der Waals surface area contributed by atoms with Crippen molar-refractivity contribution in [3.8, 4) is 0 Å². The smallest absolute Gasteiger partial charge is 0.328 e. The molecule has 1 aliphatic carbocycles. The highest BCUT2D eigenvalue weighted by Crippen LogP contribution is 2.65.